The van der Waals surface area contributed by atoms with Crippen molar-refractivity contribution in [3.63, 3.8) is 0 Å². The van der Waals surface area contributed by atoms with Gasteiger partial charge in [0.25, 0.3) is 0 Å². The zero-order valence-electron chi connectivity index (χ0n) is 15.7. The Hall–Kier alpha value is -3.01. The molecule has 27 heavy (non-hydrogen) atoms. The van der Waals surface area contributed by atoms with Crippen LogP contribution in [0.2, 0.25) is 0 Å². The van der Waals surface area contributed by atoms with E-state index >= 15 is 0 Å². The van der Waals surface area contributed by atoms with Crippen LogP contribution in [0.4, 0.5) is 5.69 Å². The number of hydrogen-bond acceptors (Lipinski definition) is 3. The van der Waals surface area contributed by atoms with Gasteiger partial charge in [0.15, 0.2) is 0 Å². The SMILES string of the molecule is CCc1ccc2c3c(ccc2c1)OC1N(NC(=O)C1(C)C)c1ccccc1-3. The Morgan fingerprint density at radius 1 is 1.11 bits per heavy atom. The summed E-state index contributed by atoms with van der Waals surface area (Å²) in [6.45, 7) is 6.02. The number of amides is 1. The molecular formula is C23H22N2O2. The predicted molar refractivity (Wildman–Crippen MR) is 108 cm³/mol. The standard InChI is InChI=1S/C23H22N2O2/c1-4-14-9-11-16-15(13-14)10-12-19-20(16)17-7-5-6-8-18(17)25-22(27-19)23(2,3)21(26)24-25/h5-13,22H,4H2,1-3H3,(H,24,26). The van der Waals surface area contributed by atoms with Gasteiger partial charge in [0.05, 0.1) is 5.69 Å². The zero-order valence-corrected chi connectivity index (χ0v) is 15.7. The molecule has 1 atom stereocenters. The molecule has 0 spiro atoms. The van der Waals surface area contributed by atoms with E-state index in [4.69, 9.17) is 4.74 Å². The van der Waals surface area contributed by atoms with E-state index in [1.165, 1.54) is 16.3 Å². The number of carbonyl (C=O) groups is 1. The van der Waals surface area contributed by atoms with Gasteiger partial charge in [0.1, 0.15) is 11.2 Å². The van der Waals surface area contributed by atoms with Gasteiger partial charge in [-0.1, -0.05) is 49.4 Å². The Kier molecular flexibility index (Phi) is 3.29. The molecule has 2 heterocycles. The number of anilines is 1. The number of fused-ring (bicyclic) bond motifs is 7. The van der Waals surface area contributed by atoms with Crippen molar-refractivity contribution in [2.75, 3.05) is 5.01 Å². The van der Waals surface area contributed by atoms with E-state index in [0.29, 0.717) is 0 Å². The Morgan fingerprint density at radius 3 is 2.74 bits per heavy atom. The summed E-state index contributed by atoms with van der Waals surface area (Å²) in [5, 5.41) is 4.25. The van der Waals surface area contributed by atoms with Crippen molar-refractivity contribution in [3.05, 3.63) is 60.2 Å². The average Bonchev–Trinajstić information content (AvgIpc) is 2.82. The molecule has 0 radical (unpaired) electrons. The molecule has 3 aromatic carbocycles. The van der Waals surface area contributed by atoms with Crippen LogP contribution < -0.4 is 15.2 Å². The van der Waals surface area contributed by atoms with Gasteiger partial charge in [0.2, 0.25) is 12.1 Å². The molecule has 4 nitrogen and oxygen atoms in total. The smallest absolute Gasteiger partial charge is 0.250 e. The van der Waals surface area contributed by atoms with Crippen LogP contribution >= 0.6 is 0 Å². The van der Waals surface area contributed by atoms with Crippen LogP contribution in [0.3, 0.4) is 0 Å². The van der Waals surface area contributed by atoms with Gasteiger partial charge in [-0.15, -0.1) is 0 Å². The van der Waals surface area contributed by atoms with Crippen molar-refractivity contribution < 1.29 is 9.53 Å². The van der Waals surface area contributed by atoms with Gasteiger partial charge >= 0.3 is 0 Å². The second-order valence-corrected chi connectivity index (χ2v) is 7.87. The summed E-state index contributed by atoms with van der Waals surface area (Å²) in [5.41, 5.74) is 6.80. The third-order valence-electron chi connectivity index (χ3n) is 5.78. The minimum Gasteiger partial charge on any atom is -0.467 e. The summed E-state index contributed by atoms with van der Waals surface area (Å²) in [6.07, 6.45) is 0.607. The summed E-state index contributed by atoms with van der Waals surface area (Å²) < 4.78 is 6.46. The number of carbonyl (C=O) groups excluding carboxylic acids is 1. The number of nitrogens with zero attached hydrogens (tertiary/aromatic N) is 1. The average molecular weight is 358 g/mol. The minimum atomic E-state index is -0.657. The summed E-state index contributed by atoms with van der Waals surface area (Å²) in [5.74, 6) is 0.787. The van der Waals surface area contributed by atoms with Crippen LogP contribution in [-0.2, 0) is 11.2 Å². The molecule has 2 aliphatic rings. The lowest BCUT2D eigenvalue weighted by Crippen LogP contribution is -2.43. The van der Waals surface area contributed by atoms with Crippen LogP contribution in [0.1, 0.15) is 26.3 Å². The largest absolute Gasteiger partial charge is 0.467 e. The normalized spacial score (nSPS) is 19.6. The van der Waals surface area contributed by atoms with Gasteiger partial charge in [-0.3, -0.25) is 10.2 Å². The fourth-order valence-electron chi connectivity index (χ4n) is 4.10. The zero-order chi connectivity index (χ0) is 18.8. The third-order valence-corrected chi connectivity index (χ3v) is 5.78. The number of para-hydroxylation sites is 1. The fourth-order valence-corrected chi connectivity index (χ4v) is 4.10. The molecular weight excluding hydrogens is 336 g/mol. The number of aryl methyl sites for hydroxylation is 1. The van der Waals surface area contributed by atoms with E-state index in [1.54, 1.807) is 0 Å². The summed E-state index contributed by atoms with van der Waals surface area (Å²) in [6, 6.07) is 18.9. The summed E-state index contributed by atoms with van der Waals surface area (Å²) in [4.78, 5) is 12.5. The molecule has 0 saturated carbocycles. The van der Waals surface area contributed by atoms with Crippen molar-refractivity contribution in [1.82, 2.24) is 5.43 Å². The van der Waals surface area contributed by atoms with E-state index in [2.05, 4.69) is 42.7 Å². The van der Waals surface area contributed by atoms with E-state index in [1.807, 2.05) is 43.1 Å². The van der Waals surface area contributed by atoms with Crippen molar-refractivity contribution in [2.24, 2.45) is 5.41 Å². The number of ether oxygens (including phenoxy) is 1. The molecule has 0 aromatic heterocycles. The monoisotopic (exact) mass is 358 g/mol. The van der Waals surface area contributed by atoms with Gasteiger partial charge in [-0.05, 0) is 48.7 Å². The first kappa shape index (κ1) is 16.2. The van der Waals surface area contributed by atoms with Crippen LogP contribution in [0.15, 0.2) is 54.6 Å². The molecule has 1 unspecified atom stereocenters. The Morgan fingerprint density at radius 2 is 1.93 bits per heavy atom. The molecule has 2 aliphatic heterocycles. The lowest BCUT2D eigenvalue weighted by atomic mass is 9.91. The number of hydrazine groups is 1. The molecule has 3 aromatic rings. The Balaban J connectivity index is 1.82. The number of hydrogen-bond donors (Lipinski definition) is 1. The van der Waals surface area contributed by atoms with Crippen LogP contribution in [0, 0.1) is 5.41 Å². The lowest BCUT2D eigenvalue weighted by molar-refractivity contribution is -0.128. The highest BCUT2D eigenvalue weighted by molar-refractivity contribution is 6.04. The number of rotatable bonds is 1. The first-order valence-corrected chi connectivity index (χ1v) is 9.42. The van der Waals surface area contributed by atoms with Crippen LogP contribution in [0.25, 0.3) is 21.9 Å². The maximum absolute atomic E-state index is 12.5. The maximum Gasteiger partial charge on any atom is 0.250 e. The van der Waals surface area contributed by atoms with Crippen molar-refractivity contribution in [1.29, 1.82) is 0 Å². The highest BCUT2D eigenvalue weighted by Crippen LogP contribution is 2.48. The summed E-state index contributed by atoms with van der Waals surface area (Å²) >= 11 is 0. The third kappa shape index (κ3) is 2.19. The minimum absolute atomic E-state index is 0.0286. The van der Waals surface area contributed by atoms with Crippen LogP contribution in [-0.4, -0.2) is 12.1 Å². The quantitative estimate of drug-likeness (QED) is 0.688. The molecule has 1 fully saturated rings. The van der Waals surface area contributed by atoms with Gasteiger partial charge < -0.3 is 4.74 Å². The van der Waals surface area contributed by atoms with E-state index < -0.39 is 11.6 Å². The van der Waals surface area contributed by atoms with Crippen LogP contribution in [0.5, 0.6) is 5.75 Å². The fraction of sp³-hybridized carbons (Fsp3) is 0.261. The highest BCUT2D eigenvalue weighted by Gasteiger charge is 2.51. The molecule has 0 bridgehead atoms. The second kappa shape index (κ2) is 5.49. The molecule has 1 saturated heterocycles. The molecule has 1 amide bonds. The predicted octanol–water partition coefficient (Wildman–Crippen LogP) is 4.67. The van der Waals surface area contributed by atoms with E-state index in [-0.39, 0.29) is 5.91 Å². The second-order valence-electron chi connectivity index (χ2n) is 7.87. The Labute approximate surface area is 158 Å². The van der Waals surface area contributed by atoms with Crippen molar-refractivity contribution >= 4 is 22.4 Å². The molecule has 1 N–H and O–H groups in total. The molecule has 136 valence electrons. The first-order valence-electron chi connectivity index (χ1n) is 9.42. The van der Waals surface area contributed by atoms with E-state index in [0.717, 1.165) is 29.0 Å². The lowest BCUT2D eigenvalue weighted by Gasteiger charge is -2.29. The highest BCUT2D eigenvalue weighted by atomic mass is 16.5. The number of benzene rings is 3. The Bertz CT molecular complexity index is 1090. The molecule has 4 heteroatoms. The molecule has 0 aliphatic carbocycles. The van der Waals surface area contributed by atoms with Crippen molar-refractivity contribution in [2.45, 2.75) is 33.4 Å². The maximum atomic E-state index is 12.5. The van der Waals surface area contributed by atoms with Crippen molar-refractivity contribution in [3.8, 4) is 16.9 Å². The molecule has 5 rings (SSSR count). The number of nitrogens with one attached hydrogen (secondary N) is 1. The van der Waals surface area contributed by atoms with E-state index in [9.17, 15) is 4.79 Å². The van der Waals surface area contributed by atoms with Gasteiger partial charge in [-0.25, -0.2) is 5.01 Å². The first-order chi connectivity index (χ1) is 13.0. The summed E-state index contributed by atoms with van der Waals surface area (Å²) in [7, 11) is 0. The topological polar surface area (TPSA) is 41.6 Å². The van der Waals surface area contributed by atoms with Gasteiger partial charge in [0, 0.05) is 11.1 Å². The van der Waals surface area contributed by atoms with Gasteiger partial charge in [-0.2, -0.15) is 0 Å².